The van der Waals surface area contributed by atoms with Gasteiger partial charge in [0, 0.05) is 18.8 Å². The van der Waals surface area contributed by atoms with Gasteiger partial charge in [-0.05, 0) is 43.1 Å². The maximum absolute atomic E-state index is 12.8. The molecule has 0 amide bonds. The Balaban J connectivity index is 2.06. The smallest absolute Gasteiger partial charge is 0.393 e. The van der Waals surface area contributed by atoms with Gasteiger partial charge in [0.25, 0.3) is 0 Å². The van der Waals surface area contributed by atoms with E-state index in [0.717, 1.165) is 5.56 Å². The van der Waals surface area contributed by atoms with Crippen LogP contribution in [0.15, 0.2) is 18.2 Å². The highest BCUT2D eigenvalue weighted by molar-refractivity contribution is 5.50. The van der Waals surface area contributed by atoms with E-state index in [9.17, 15) is 13.2 Å². The Morgan fingerprint density at radius 2 is 2.15 bits per heavy atom. The predicted octanol–water partition coefficient (Wildman–Crippen LogP) is 3.05. The fourth-order valence-corrected chi connectivity index (χ4v) is 2.55. The second kappa shape index (κ2) is 5.91. The first-order valence-corrected chi connectivity index (χ1v) is 6.61. The summed E-state index contributed by atoms with van der Waals surface area (Å²) < 4.78 is 43.5. The Hall–Kier alpha value is -1.43. The molecule has 112 valence electrons. The van der Waals surface area contributed by atoms with Crippen molar-refractivity contribution in [3.63, 3.8) is 0 Å². The zero-order chi connectivity index (χ0) is 14.8. The zero-order valence-corrected chi connectivity index (χ0v) is 11.4. The number of hydrogen-bond donors (Lipinski definition) is 1. The van der Waals surface area contributed by atoms with E-state index in [1.165, 1.54) is 0 Å². The molecule has 1 aromatic carbocycles. The molecule has 0 spiro atoms. The normalized spacial score (nSPS) is 20.9. The van der Waals surface area contributed by atoms with Gasteiger partial charge in [-0.25, -0.2) is 0 Å². The van der Waals surface area contributed by atoms with Crippen molar-refractivity contribution in [2.24, 2.45) is 5.92 Å². The summed E-state index contributed by atoms with van der Waals surface area (Å²) in [7, 11) is 1.55. The first-order chi connectivity index (χ1) is 9.40. The van der Waals surface area contributed by atoms with Crippen molar-refractivity contribution in [2.45, 2.75) is 25.6 Å². The number of methoxy groups -OCH3 is 1. The van der Waals surface area contributed by atoms with Crippen LogP contribution in [0.5, 0.6) is 5.75 Å². The van der Waals surface area contributed by atoms with Crippen LogP contribution in [-0.2, 0) is 6.54 Å². The van der Waals surface area contributed by atoms with Crippen LogP contribution < -0.4 is 10.5 Å². The fourth-order valence-electron chi connectivity index (χ4n) is 2.55. The van der Waals surface area contributed by atoms with Gasteiger partial charge < -0.3 is 10.5 Å². The van der Waals surface area contributed by atoms with E-state index < -0.39 is 12.1 Å². The number of hydrogen-bond acceptors (Lipinski definition) is 3. The van der Waals surface area contributed by atoms with E-state index in [-0.39, 0.29) is 13.0 Å². The number of benzene rings is 1. The molecule has 3 nitrogen and oxygen atoms in total. The number of piperidine rings is 1. The van der Waals surface area contributed by atoms with Crippen LogP contribution in [0.3, 0.4) is 0 Å². The third-order valence-corrected chi connectivity index (χ3v) is 3.71. The molecule has 2 rings (SSSR count). The summed E-state index contributed by atoms with van der Waals surface area (Å²) in [5.41, 5.74) is 7.27. The second-order valence-electron chi connectivity index (χ2n) is 5.18. The maximum atomic E-state index is 12.8. The highest BCUT2D eigenvalue weighted by Gasteiger charge is 2.41. The number of likely N-dealkylation sites (tertiary alicyclic amines) is 1. The zero-order valence-electron chi connectivity index (χ0n) is 11.4. The van der Waals surface area contributed by atoms with Crippen molar-refractivity contribution in [1.82, 2.24) is 4.90 Å². The van der Waals surface area contributed by atoms with E-state index in [0.29, 0.717) is 30.9 Å². The van der Waals surface area contributed by atoms with Crippen LogP contribution in [0.1, 0.15) is 18.4 Å². The molecule has 1 unspecified atom stereocenters. The monoisotopic (exact) mass is 288 g/mol. The largest absolute Gasteiger partial charge is 0.497 e. The van der Waals surface area contributed by atoms with E-state index in [1.807, 2.05) is 4.90 Å². The molecule has 1 fully saturated rings. The summed E-state index contributed by atoms with van der Waals surface area (Å²) >= 11 is 0. The van der Waals surface area contributed by atoms with Crippen molar-refractivity contribution in [1.29, 1.82) is 0 Å². The van der Waals surface area contributed by atoms with Gasteiger partial charge >= 0.3 is 6.18 Å². The molecule has 1 aliphatic heterocycles. The van der Waals surface area contributed by atoms with Gasteiger partial charge in [0.2, 0.25) is 0 Å². The predicted molar refractivity (Wildman–Crippen MR) is 71.5 cm³/mol. The molecule has 20 heavy (non-hydrogen) atoms. The highest BCUT2D eigenvalue weighted by atomic mass is 19.4. The van der Waals surface area contributed by atoms with Gasteiger partial charge in [-0.15, -0.1) is 0 Å². The molecule has 1 aliphatic rings. The third-order valence-electron chi connectivity index (χ3n) is 3.71. The lowest BCUT2D eigenvalue weighted by molar-refractivity contribution is -0.187. The van der Waals surface area contributed by atoms with E-state index >= 15 is 0 Å². The van der Waals surface area contributed by atoms with Gasteiger partial charge in [-0.2, -0.15) is 13.2 Å². The Kier molecular flexibility index (Phi) is 4.42. The van der Waals surface area contributed by atoms with Gasteiger partial charge in [0.05, 0.1) is 13.0 Å². The third kappa shape index (κ3) is 3.56. The topological polar surface area (TPSA) is 38.5 Å². The van der Waals surface area contributed by atoms with Crippen LogP contribution >= 0.6 is 0 Å². The van der Waals surface area contributed by atoms with Crippen LogP contribution in [0.4, 0.5) is 18.9 Å². The molecule has 1 saturated heterocycles. The van der Waals surface area contributed by atoms with Crippen molar-refractivity contribution in [3.05, 3.63) is 23.8 Å². The molecule has 6 heteroatoms. The standard InChI is InChI=1S/C14H19F3N2O/c1-20-12-4-5-13(18)10(7-12)8-19-6-2-3-11(9-19)14(15,16)17/h4-5,7,11H,2-3,6,8-9,18H2,1H3. The molecular formula is C14H19F3N2O. The van der Waals surface area contributed by atoms with E-state index in [1.54, 1.807) is 25.3 Å². The molecule has 0 aliphatic carbocycles. The van der Waals surface area contributed by atoms with Crippen LogP contribution in [-0.4, -0.2) is 31.3 Å². The van der Waals surface area contributed by atoms with Gasteiger partial charge in [-0.3, -0.25) is 4.90 Å². The van der Waals surface area contributed by atoms with Crippen LogP contribution in [0, 0.1) is 5.92 Å². The van der Waals surface area contributed by atoms with Crippen molar-refractivity contribution >= 4 is 5.69 Å². The quantitative estimate of drug-likeness (QED) is 0.869. The summed E-state index contributed by atoms with van der Waals surface area (Å²) in [6.45, 7) is 1.14. The molecule has 0 bridgehead atoms. The Labute approximate surface area is 116 Å². The molecule has 0 saturated carbocycles. The lowest BCUT2D eigenvalue weighted by Crippen LogP contribution is -2.41. The minimum Gasteiger partial charge on any atom is -0.497 e. The highest BCUT2D eigenvalue weighted by Crippen LogP contribution is 2.34. The van der Waals surface area contributed by atoms with Crippen molar-refractivity contribution in [2.75, 3.05) is 25.9 Å². The Morgan fingerprint density at radius 3 is 2.80 bits per heavy atom. The summed E-state index contributed by atoms with van der Waals surface area (Å²) in [6.07, 6.45) is -3.33. The number of halogens is 3. The van der Waals surface area contributed by atoms with Crippen LogP contribution in [0.25, 0.3) is 0 Å². The lowest BCUT2D eigenvalue weighted by Gasteiger charge is -2.33. The molecule has 0 radical (unpaired) electrons. The molecule has 2 N–H and O–H groups in total. The number of nitrogens with two attached hydrogens (primary N) is 1. The molecule has 1 atom stereocenters. The molecule has 1 heterocycles. The number of nitrogens with zero attached hydrogens (tertiary/aromatic N) is 1. The number of anilines is 1. The summed E-state index contributed by atoms with van der Waals surface area (Å²) in [4.78, 5) is 1.81. The van der Waals surface area contributed by atoms with E-state index in [2.05, 4.69) is 0 Å². The summed E-state index contributed by atoms with van der Waals surface area (Å²) in [6, 6.07) is 5.25. The lowest BCUT2D eigenvalue weighted by atomic mass is 9.97. The van der Waals surface area contributed by atoms with Crippen LogP contribution in [0.2, 0.25) is 0 Å². The fraction of sp³-hybridized carbons (Fsp3) is 0.571. The number of rotatable bonds is 3. The number of nitrogen functional groups attached to an aromatic ring is 1. The molecular weight excluding hydrogens is 269 g/mol. The van der Waals surface area contributed by atoms with Crippen molar-refractivity contribution in [3.8, 4) is 5.75 Å². The average molecular weight is 288 g/mol. The SMILES string of the molecule is COc1ccc(N)c(CN2CCCC(C(F)(F)F)C2)c1. The maximum Gasteiger partial charge on any atom is 0.393 e. The average Bonchev–Trinajstić information content (AvgIpc) is 2.41. The second-order valence-corrected chi connectivity index (χ2v) is 5.18. The first-order valence-electron chi connectivity index (χ1n) is 6.61. The number of alkyl halides is 3. The molecule has 1 aromatic rings. The summed E-state index contributed by atoms with van der Waals surface area (Å²) in [5.74, 6) is -0.568. The molecule has 0 aromatic heterocycles. The minimum atomic E-state index is -4.11. The summed E-state index contributed by atoms with van der Waals surface area (Å²) in [5, 5.41) is 0. The first kappa shape index (κ1) is 15.0. The van der Waals surface area contributed by atoms with Crippen molar-refractivity contribution < 1.29 is 17.9 Å². The Bertz CT molecular complexity index is 462. The Morgan fingerprint density at radius 1 is 1.40 bits per heavy atom. The minimum absolute atomic E-state index is 0.0418. The van der Waals surface area contributed by atoms with Gasteiger partial charge in [0.15, 0.2) is 0 Å². The van der Waals surface area contributed by atoms with Gasteiger partial charge in [0.1, 0.15) is 5.75 Å². The van der Waals surface area contributed by atoms with E-state index in [4.69, 9.17) is 10.5 Å². The number of ether oxygens (including phenoxy) is 1. The van der Waals surface area contributed by atoms with Gasteiger partial charge in [-0.1, -0.05) is 0 Å².